The van der Waals surface area contributed by atoms with Gasteiger partial charge in [0.1, 0.15) is 0 Å². The Morgan fingerprint density at radius 3 is 2.42 bits per heavy atom. The zero-order chi connectivity index (χ0) is 13.7. The second-order valence-corrected chi connectivity index (χ2v) is 5.81. The first-order valence-corrected chi connectivity index (χ1v) is 7.41. The molecule has 0 aromatic heterocycles. The summed E-state index contributed by atoms with van der Waals surface area (Å²) in [6.45, 7) is 2.23. The lowest BCUT2D eigenvalue weighted by atomic mass is 9.74. The third kappa shape index (κ3) is 3.36. The summed E-state index contributed by atoms with van der Waals surface area (Å²) in [6.07, 6.45) is 7.82. The summed E-state index contributed by atoms with van der Waals surface area (Å²) in [4.78, 5) is 0. The van der Waals surface area contributed by atoms with E-state index < -0.39 is 5.60 Å². The van der Waals surface area contributed by atoms with Crippen LogP contribution >= 0.6 is 0 Å². The van der Waals surface area contributed by atoms with Crippen LogP contribution in [0.15, 0.2) is 24.3 Å². The lowest BCUT2D eigenvalue weighted by Crippen LogP contribution is -2.31. The van der Waals surface area contributed by atoms with Gasteiger partial charge >= 0.3 is 0 Å². The van der Waals surface area contributed by atoms with Crippen LogP contribution in [-0.2, 0) is 5.60 Å². The van der Waals surface area contributed by atoms with Crippen molar-refractivity contribution in [1.29, 1.82) is 5.26 Å². The molecular weight excluding hydrogens is 234 g/mol. The molecule has 0 amide bonds. The molecule has 0 atom stereocenters. The highest BCUT2D eigenvalue weighted by atomic mass is 16.3. The van der Waals surface area contributed by atoms with E-state index in [1.54, 1.807) is 12.1 Å². The van der Waals surface area contributed by atoms with Crippen LogP contribution in [0.2, 0.25) is 0 Å². The van der Waals surface area contributed by atoms with Crippen molar-refractivity contribution in [2.45, 2.75) is 57.5 Å². The molecule has 0 radical (unpaired) electrons. The van der Waals surface area contributed by atoms with Gasteiger partial charge in [-0.25, -0.2) is 0 Å². The Bertz CT molecular complexity index is 435. The molecule has 19 heavy (non-hydrogen) atoms. The van der Waals surface area contributed by atoms with Crippen LogP contribution in [-0.4, -0.2) is 5.11 Å². The number of hydrogen-bond donors (Lipinski definition) is 1. The quantitative estimate of drug-likeness (QED) is 0.881. The van der Waals surface area contributed by atoms with E-state index in [1.807, 2.05) is 12.1 Å². The molecule has 1 saturated carbocycles. The molecule has 1 aromatic rings. The van der Waals surface area contributed by atoms with Gasteiger partial charge in [0.2, 0.25) is 0 Å². The second kappa shape index (κ2) is 6.21. The van der Waals surface area contributed by atoms with Gasteiger partial charge < -0.3 is 5.11 Å². The lowest BCUT2D eigenvalue weighted by Gasteiger charge is -2.36. The molecule has 2 rings (SSSR count). The summed E-state index contributed by atoms with van der Waals surface area (Å²) in [5.74, 6) is 0.790. The molecule has 0 bridgehead atoms. The number of unbranched alkanes of at least 4 members (excludes halogenated alkanes) is 1. The number of rotatable bonds is 4. The SMILES string of the molecule is CCCCC1CCC(O)(c2ccc(C#N)cc2)CC1. The fourth-order valence-electron chi connectivity index (χ4n) is 3.08. The Morgan fingerprint density at radius 1 is 1.26 bits per heavy atom. The monoisotopic (exact) mass is 257 g/mol. The van der Waals surface area contributed by atoms with E-state index in [4.69, 9.17) is 5.26 Å². The summed E-state index contributed by atoms with van der Waals surface area (Å²) >= 11 is 0. The van der Waals surface area contributed by atoms with Crippen molar-refractivity contribution in [2.75, 3.05) is 0 Å². The van der Waals surface area contributed by atoms with E-state index in [0.29, 0.717) is 5.56 Å². The van der Waals surface area contributed by atoms with Crippen molar-refractivity contribution >= 4 is 0 Å². The first-order valence-electron chi connectivity index (χ1n) is 7.41. The van der Waals surface area contributed by atoms with E-state index in [2.05, 4.69) is 13.0 Å². The molecule has 0 aliphatic heterocycles. The molecule has 0 saturated heterocycles. The molecule has 2 heteroatoms. The van der Waals surface area contributed by atoms with Crippen LogP contribution in [0.5, 0.6) is 0 Å². The van der Waals surface area contributed by atoms with Gasteiger partial charge in [-0.15, -0.1) is 0 Å². The molecule has 0 unspecified atom stereocenters. The van der Waals surface area contributed by atoms with Gasteiger partial charge in [0, 0.05) is 0 Å². The maximum absolute atomic E-state index is 10.8. The van der Waals surface area contributed by atoms with Gasteiger partial charge in [-0.05, 0) is 49.3 Å². The zero-order valence-corrected chi connectivity index (χ0v) is 11.7. The summed E-state index contributed by atoms with van der Waals surface area (Å²) in [6, 6.07) is 9.54. The van der Waals surface area contributed by atoms with Gasteiger partial charge in [0.05, 0.1) is 17.2 Å². The van der Waals surface area contributed by atoms with Crippen molar-refractivity contribution in [3.63, 3.8) is 0 Å². The van der Waals surface area contributed by atoms with Crippen LogP contribution in [0.4, 0.5) is 0 Å². The molecule has 1 aliphatic carbocycles. The fraction of sp³-hybridized carbons (Fsp3) is 0.588. The second-order valence-electron chi connectivity index (χ2n) is 5.81. The molecule has 2 nitrogen and oxygen atoms in total. The minimum atomic E-state index is -0.670. The van der Waals surface area contributed by atoms with Gasteiger partial charge in [0.15, 0.2) is 0 Å². The molecule has 1 fully saturated rings. The fourth-order valence-corrected chi connectivity index (χ4v) is 3.08. The average molecular weight is 257 g/mol. The molecule has 1 aliphatic rings. The minimum Gasteiger partial charge on any atom is -0.385 e. The van der Waals surface area contributed by atoms with Crippen molar-refractivity contribution in [2.24, 2.45) is 5.92 Å². The van der Waals surface area contributed by atoms with E-state index in [9.17, 15) is 5.11 Å². The highest BCUT2D eigenvalue weighted by molar-refractivity contribution is 5.34. The van der Waals surface area contributed by atoms with Crippen molar-refractivity contribution < 1.29 is 5.11 Å². The molecular formula is C17H23NO. The zero-order valence-electron chi connectivity index (χ0n) is 11.7. The summed E-state index contributed by atoms with van der Waals surface area (Å²) in [5, 5.41) is 19.6. The molecule has 1 aromatic carbocycles. The summed E-state index contributed by atoms with van der Waals surface area (Å²) in [7, 11) is 0. The van der Waals surface area contributed by atoms with Gasteiger partial charge in [0.25, 0.3) is 0 Å². The van der Waals surface area contributed by atoms with Crippen molar-refractivity contribution in [3.05, 3.63) is 35.4 Å². The number of nitriles is 1. The van der Waals surface area contributed by atoms with Crippen LogP contribution in [0.3, 0.4) is 0 Å². The first-order chi connectivity index (χ1) is 9.18. The van der Waals surface area contributed by atoms with Crippen LogP contribution in [0.1, 0.15) is 63.0 Å². The van der Waals surface area contributed by atoms with E-state index in [1.165, 1.54) is 19.3 Å². The van der Waals surface area contributed by atoms with Gasteiger partial charge in [-0.1, -0.05) is 38.3 Å². The Hall–Kier alpha value is -1.33. The Morgan fingerprint density at radius 2 is 1.89 bits per heavy atom. The topological polar surface area (TPSA) is 44.0 Å². The third-order valence-electron chi connectivity index (χ3n) is 4.45. The summed E-state index contributed by atoms with van der Waals surface area (Å²) < 4.78 is 0. The van der Waals surface area contributed by atoms with E-state index in [0.717, 1.165) is 37.2 Å². The number of hydrogen-bond acceptors (Lipinski definition) is 2. The standard InChI is InChI=1S/C17H23NO/c1-2-3-4-14-9-11-17(19,12-10-14)16-7-5-15(13-18)6-8-16/h5-8,14,19H,2-4,9-12H2,1H3. The molecule has 0 heterocycles. The Kier molecular flexibility index (Phi) is 4.61. The molecule has 0 spiro atoms. The predicted octanol–water partition coefficient (Wildman–Crippen LogP) is 4.13. The largest absolute Gasteiger partial charge is 0.385 e. The van der Waals surface area contributed by atoms with E-state index in [-0.39, 0.29) is 0 Å². The van der Waals surface area contributed by atoms with Crippen LogP contribution < -0.4 is 0 Å². The van der Waals surface area contributed by atoms with E-state index >= 15 is 0 Å². The number of nitrogens with zero attached hydrogens (tertiary/aromatic N) is 1. The smallest absolute Gasteiger partial charge is 0.0991 e. The van der Waals surface area contributed by atoms with Crippen molar-refractivity contribution in [1.82, 2.24) is 0 Å². The molecule has 102 valence electrons. The highest BCUT2D eigenvalue weighted by Gasteiger charge is 2.34. The first kappa shape index (κ1) is 14.1. The Balaban J connectivity index is 1.99. The van der Waals surface area contributed by atoms with Gasteiger partial charge in [-0.3, -0.25) is 0 Å². The van der Waals surface area contributed by atoms with Gasteiger partial charge in [-0.2, -0.15) is 5.26 Å². The predicted molar refractivity (Wildman–Crippen MR) is 76.5 cm³/mol. The minimum absolute atomic E-state index is 0.656. The number of benzene rings is 1. The normalized spacial score (nSPS) is 26.9. The average Bonchev–Trinajstić information content (AvgIpc) is 2.47. The maximum Gasteiger partial charge on any atom is 0.0991 e. The maximum atomic E-state index is 10.8. The Labute approximate surface area is 116 Å². The number of aliphatic hydroxyl groups is 1. The molecule has 1 N–H and O–H groups in total. The third-order valence-corrected chi connectivity index (χ3v) is 4.45. The lowest BCUT2D eigenvalue weighted by molar-refractivity contribution is -0.0153. The van der Waals surface area contributed by atoms with Crippen molar-refractivity contribution in [3.8, 4) is 6.07 Å². The van der Waals surface area contributed by atoms with Crippen LogP contribution in [0, 0.1) is 17.2 Å². The highest BCUT2D eigenvalue weighted by Crippen LogP contribution is 2.40. The van der Waals surface area contributed by atoms with Crippen LogP contribution in [0.25, 0.3) is 0 Å². The summed E-state index contributed by atoms with van der Waals surface area (Å²) in [5.41, 5.74) is 0.959.